The van der Waals surface area contributed by atoms with Crippen molar-refractivity contribution < 1.29 is 28.0 Å². The second-order valence-electron chi connectivity index (χ2n) is 7.49. The molecule has 0 bridgehead atoms. The highest BCUT2D eigenvalue weighted by Gasteiger charge is 2.45. The first-order valence-electron chi connectivity index (χ1n) is 10.1. The van der Waals surface area contributed by atoms with Crippen molar-refractivity contribution in [2.75, 3.05) is 0 Å². The van der Waals surface area contributed by atoms with E-state index in [4.69, 9.17) is 9.26 Å². The summed E-state index contributed by atoms with van der Waals surface area (Å²) in [6.07, 6.45) is 0.546. The van der Waals surface area contributed by atoms with E-state index in [9.17, 15) is 18.8 Å². The summed E-state index contributed by atoms with van der Waals surface area (Å²) in [5.74, 6) is -2.26. The Hall–Kier alpha value is -3.88. The molecule has 1 aliphatic heterocycles. The van der Waals surface area contributed by atoms with E-state index in [-0.39, 0.29) is 35.4 Å². The summed E-state index contributed by atoms with van der Waals surface area (Å²) in [7, 11) is 0. The van der Waals surface area contributed by atoms with Crippen molar-refractivity contribution >= 4 is 17.8 Å². The van der Waals surface area contributed by atoms with Crippen LogP contribution in [0.5, 0.6) is 0 Å². The van der Waals surface area contributed by atoms with Crippen LogP contribution in [0.2, 0.25) is 0 Å². The summed E-state index contributed by atoms with van der Waals surface area (Å²) < 4.78 is 23.6. The summed E-state index contributed by atoms with van der Waals surface area (Å²) in [5, 5.41) is 3.77. The van der Waals surface area contributed by atoms with Crippen molar-refractivity contribution in [1.82, 2.24) is 15.0 Å². The van der Waals surface area contributed by atoms with Crippen LogP contribution >= 0.6 is 0 Å². The number of hydrogen-bond acceptors (Lipinski definition) is 7. The quantitative estimate of drug-likeness (QED) is 0.411. The van der Waals surface area contributed by atoms with Crippen LogP contribution in [0.15, 0.2) is 53.1 Å². The molecule has 2 aromatic carbocycles. The molecule has 0 saturated carbocycles. The number of fused-ring (bicyclic) bond motifs is 1. The van der Waals surface area contributed by atoms with E-state index < -0.39 is 29.6 Å². The number of aromatic nitrogens is 2. The van der Waals surface area contributed by atoms with Gasteiger partial charge in [0.15, 0.2) is 6.61 Å². The minimum atomic E-state index is -1.09. The number of hydrogen-bond donors (Lipinski definition) is 0. The molecule has 0 aliphatic carbocycles. The van der Waals surface area contributed by atoms with E-state index >= 15 is 0 Å². The molecule has 0 fully saturated rings. The number of esters is 1. The Morgan fingerprint density at radius 2 is 1.72 bits per heavy atom. The molecule has 164 valence electrons. The third-order valence-electron chi connectivity index (χ3n) is 5.43. The predicted molar refractivity (Wildman–Crippen MR) is 110 cm³/mol. The molecule has 3 aromatic rings. The maximum Gasteiger partial charge on any atom is 0.330 e. The van der Waals surface area contributed by atoms with Gasteiger partial charge < -0.3 is 9.26 Å². The van der Waals surface area contributed by atoms with Gasteiger partial charge in [0, 0.05) is 5.56 Å². The zero-order valence-electron chi connectivity index (χ0n) is 17.4. The lowest BCUT2D eigenvalue weighted by molar-refractivity contribution is -0.151. The molecule has 2 atom stereocenters. The van der Waals surface area contributed by atoms with Gasteiger partial charge in [-0.15, -0.1) is 0 Å². The topological polar surface area (TPSA) is 103 Å². The molecular weight excluding hydrogens is 417 g/mol. The normalized spacial score (nSPS) is 14.9. The highest BCUT2D eigenvalue weighted by Crippen LogP contribution is 2.29. The average molecular weight is 437 g/mol. The summed E-state index contributed by atoms with van der Waals surface area (Å²) in [6.45, 7) is 3.33. The second-order valence-corrected chi connectivity index (χ2v) is 7.49. The van der Waals surface area contributed by atoms with Crippen LogP contribution in [-0.2, 0) is 16.1 Å². The summed E-state index contributed by atoms with van der Waals surface area (Å²) in [6, 6.07) is 10.9. The first-order valence-corrected chi connectivity index (χ1v) is 10.1. The van der Waals surface area contributed by atoms with Gasteiger partial charge in [0.2, 0.25) is 5.82 Å². The van der Waals surface area contributed by atoms with Gasteiger partial charge in [-0.05, 0) is 42.3 Å². The highest BCUT2D eigenvalue weighted by molar-refractivity contribution is 6.22. The Balaban J connectivity index is 1.50. The predicted octanol–water partition coefficient (Wildman–Crippen LogP) is 3.63. The minimum Gasteiger partial charge on any atom is -0.456 e. The van der Waals surface area contributed by atoms with Crippen molar-refractivity contribution in [3.8, 4) is 11.5 Å². The van der Waals surface area contributed by atoms with Gasteiger partial charge in [-0.2, -0.15) is 4.98 Å². The van der Waals surface area contributed by atoms with Crippen molar-refractivity contribution in [2.24, 2.45) is 5.92 Å². The molecule has 0 radical (unpaired) electrons. The molecular formula is C23H20FN3O5. The number of benzene rings is 2. The van der Waals surface area contributed by atoms with E-state index in [2.05, 4.69) is 10.1 Å². The third kappa shape index (κ3) is 3.89. The average Bonchev–Trinajstić information content (AvgIpc) is 3.37. The number of imide groups is 1. The number of amides is 2. The van der Waals surface area contributed by atoms with E-state index in [1.807, 2.05) is 6.92 Å². The van der Waals surface area contributed by atoms with Crippen molar-refractivity contribution in [2.45, 2.75) is 32.9 Å². The number of carbonyl (C=O) groups excluding carboxylic acids is 3. The van der Waals surface area contributed by atoms with Gasteiger partial charge in [-0.3, -0.25) is 14.5 Å². The Labute approximate surface area is 183 Å². The van der Waals surface area contributed by atoms with Gasteiger partial charge in [0.1, 0.15) is 11.9 Å². The van der Waals surface area contributed by atoms with E-state index in [0.29, 0.717) is 12.0 Å². The van der Waals surface area contributed by atoms with Gasteiger partial charge >= 0.3 is 5.97 Å². The molecule has 2 heterocycles. The number of rotatable bonds is 7. The van der Waals surface area contributed by atoms with Crippen LogP contribution in [0.25, 0.3) is 11.5 Å². The summed E-state index contributed by atoms with van der Waals surface area (Å²) in [5.41, 5.74) is 1.04. The molecule has 0 spiro atoms. The Bertz CT molecular complexity index is 1140. The number of halogens is 1. The standard InChI is InChI=1S/C23H20FN3O5/c1-3-13(2)19(27-21(28)16-6-4-5-7-17(16)22(27)29)23(30)31-12-18-25-20(32-26-18)14-8-10-15(24)11-9-14/h4-11,13,19H,3,12H2,1-2H3/t13-,19-/m0/s1. The lowest BCUT2D eigenvalue weighted by Crippen LogP contribution is -2.49. The van der Waals surface area contributed by atoms with E-state index in [1.54, 1.807) is 31.2 Å². The van der Waals surface area contributed by atoms with E-state index in [1.165, 1.54) is 24.3 Å². The second kappa shape index (κ2) is 8.70. The fourth-order valence-electron chi connectivity index (χ4n) is 3.52. The zero-order valence-corrected chi connectivity index (χ0v) is 17.4. The largest absolute Gasteiger partial charge is 0.456 e. The Kier molecular flexibility index (Phi) is 5.81. The molecule has 0 saturated heterocycles. The van der Waals surface area contributed by atoms with Crippen LogP contribution < -0.4 is 0 Å². The Morgan fingerprint density at radius 3 is 2.31 bits per heavy atom. The van der Waals surface area contributed by atoms with Crippen molar-refractivity contribution in [3.05, 3.63) is 71.3 Å². The van der Waals surface area contributed by atoms with Crippen LogP contribution in [0.3, 0.4) is 0 Å². The van der Waals surface area contributed by atoms with Gasteiger partial charge in [0.25, 0.3) is 17.7 Å². The van der Waals surface area contributed by atoms with Crippen LogP contribution in [0.1, 0.15) is 46.8 Å². The molecule has 32 heavy (non-hydrogen) atoms. The first-order chi connectivity index (χ1) is 15.4. The van der Waals surface area contributed by atoms with E-state index in [0.717, 1.165) is 4.90 Å². The van der Waals surface area contributed by atoms with Crippen LogP contribution in [0, 0.1) is 11.7 Å². The molecule has 1 aliphatic rings. The summed E-state index contributed by atoms with van der Waals surface area (Å²) in [4.78, 5) is 43.8. The third-order valence-corrected chi connectivity index (χ3v) is 5.43. The fraction of sp³-hybridized carbons (Fsp3) is 0.261. The first kappa shape index (κ1) is 21.4. The van der Waals surface area contributed by atoms with Gasteiger partial charge in [-0.1, -0.05) is 37.6 Å². The molecule has 4 rings (SSSR count). The minimum absolute atomic E-state index is 0.0999. The fourth-order valence-corrected chi connectivity index (χ4v) is 3.52. The summed E-state index contributed by atoms with van der Waals surface area (Å²) >= 11 is 0. The number of carbonyl (C=O) groups is 3. The smallest absolute Gasteiger partial charge is 0.330 e. The number of nitrogens with zero attached hydrogens (tertiary/aromatic N) is 3. The van der Waals surface area contributed by atoms with Gasteiger partial charge in [-0.25, -0.2) is 9.18 Å². The maximum absolute atomic E-state index is 13.1. The SMILES string of the molecule is CC[C@H](C)[C@@H](C(=O)OCc1noc(-c2ccc(F)cc2)n1)N1C(=O)c2ccccc2C1=O. The highest BCUT2D eigenvalue weighted by atomic mass is 19.1. The van der Waals surface area contributed by atoms with Crippen molar-refractivity contribution in [1.29, 1.82) is 0 Å². The zero-order chi connectivity index (χ0) is 22.8. The monoisotopic (exact) mass is 437 g/mol. The molecule has 9 heteroatoms. The molecule has 0 unspecified atom stereocenters. The molecule has 0 N–H and O–H groups in total. The lowest BCUT2D eigenvalue weighted by Gasteiger charge is -2.28. The molecule has 2 amide bonds. The molecule has 8 nitrogen and oxygen atoms in total. The number of ether oxygens (including phenoxy) is 1. The lowest BCUT2D eigenvalue weighted by atomic mass is 9.97. The van der Waals surface area contributed by atoms with Crippen LogP contribution in [-0.4, -0.2) is 38.9 Å². The van der Waals surface area contributed by atoms with Crippen LogP contribution in [0.4, 0.5) is 4.39 Å². The van der Waals surface area contributed by atoms with Crippen molar-refractivity contribution in [3.63, 3.8) is 0 Å². The maximum atomic E-state index is 13.1. The molecule has 1 aromatic heterocycles. The van der Waals surface area contributed by atoms with Gasteiger partial charge in [0.05, 0.1) is 11.1 Å². The Morgan fingerprint density at radius 1 is 1.09 bits per heavy atom.